The van der Waals surface area contributed by atoms with E-state index in [4.69, 9.17) is 11.0 Å². The fourth-order valence-electron chi connectivity index (χ4n) is 1.35. The number of guanidine groups is 1. The van der Waals surface area contributed by atoms with E-state index >= 15 is 0 Å². The summed E-state index contributed by atoms with van der Waals surface area (Å²) in [6, 6.07) is 4.86. The molecular weight excluding hydrogens is 220 g/mol. The minimum absolute atomic E-state index is 0.0350. The van der Waals surface area contributed by atoms with Gasteiger partial charge in [-0.2, -0.15) is 5.26 Å². The number of nitriles is 1. The molecule has 2 aromatic rings. The zero-order chi connectivity index (χ0) is 12.3. The average molecular weight is 228 g/mol. The molecule has 0 aliphatic heterocycles. The van der Waals surface area contributed by atoms with Crippen LogP contribution in [0.2, 0.25) is 0 Å². The van der Waals surface area contributed by atoms with Gasteiger partial charge in [-0.3, -0.25) is 10.1 Å². The highest BCUT2D eigenvalue weighted by molar-refractivity contribution is 5.85. The third kappa shape index (κ3) is 2.21. The zero-order valence-corrected chi connectivity index (χ0v) is 8.64. The minimum atomic E-state index is -0.251. The molecule has 2 rings (SSSR count). The van der Waals surface area contributed by atoms with Crippen molar-refractivity contribution in [2.45, 2.75) is 0 Å². The largest absolute Gasteiger partial charge is 0.369 e. The van der Waals surface area contributed by atoms with Crippen LogP contribution in [0.4, 0.5) is 5.69 Å². The highest BCUT2D eigenvalue weighted by Gasteiger charge is 2.00. The molecule has 0 fully saturated rings. The van der Waals surface area contributed by atoms with E-state index in [0.29, 0.717) is 16.6 Å². The maximum Gasteiger partial charge on any atom is 0.258 e. The Balaban J connectivity index is 2.52. The smallest absolute Gasteiger partial charge is 0.258 e. The number of nitrogens with two attached hydrogens (primary N) is 1. The van der Waals surface area contributed by atoms with Crippen LogP contribution in [-0.2, 0) is 0 Å². The summed E-state index contributed by atoms with van der Waals surface area (Å²) in [7, 11) is 0. The van der Waals surface area contributed by atoms with Crippen molar-refractivity contribution in [3.63, 3.8) is 0 Å². The number of hydrogen-bond donors (Lipinski definition) is 3. The molecule has 1 aromatic carbocycles. The van der Waals surface area contributed by atoms with Gasteiger partial charge < -0.3 is 10.7 Å². The summed E-state index contributed by atoms with van der Waals surface area (Å²) in [6.45, 7) is 0. The summed E-state index contributed by atoms with van der Waals surface area (Å²) in [5.74, 6) is -0.0350. The number of fused-ring (bicyclic) bond motifs is 1. The predicted molar refractivity (Wildman–Crippen MR) is 62.4 cm³/mol. The topological polar surface area (TPSA) is 120 Å². The predicted octanol–water partition coefficient (Wildman–Crippen LogP) is -0.0600. The molecule has 0 unspecified atom stereocenters. The van der Waals surface area contributed by atoms with E-state index in [-0.39, 0.29) is 11.5 Å². The summed E-state index contributed by atoms with van der Waals surface area (Å²) in [6.07, 6.45) is 2.98. The number of hydrogen-bond acceptors (Lipinski definition) is 4. The highest BCUT2D eigenvalue weighted by Crippen LogP contribution is 2.16. The molecule has 4 N–H and O–H groups in total. The monoisotopic (exact) mass is 228 g/mol. The average Bonchev–Trinajstić information content (AvgIpc) is 2.30. The molecular formula is C10H8N6O. The lowest BCUT2D eigenvalue weighted by Gasteiger charge is -1.99. The molecule has 0 saturated carbocycles. The zero-order valence-electron chi connectivity index (χ0n) is 8.64. The number of nitrogens with zero attached hydrogens (tertiary/aromatic N) is 3. The molecule has 84 valence electrons. The minimum Gasteiger partial charge on any atom is -0.369 e. The van der Waals surface area contributed by atoms with Crippen molar-refractivity contribution in [1.29, 1.82) is 5.26 Å². The summed E-state index contributed by atoms with van der Waals surface area (Å²) >= 11 is 0. The van der Waals surface area contributed by atoms with Crippen molar-refractivity contribution in [2.24, 2.45) is 10.7 Å². The van der Waals surface area contributed by atoms with Gasteiger partial charge in [0.15, 0.2) is 6.19 Å². The van der Waals surface area contributed by atoms with Crippen LogP contribution in [0.1, 0.15) is 0 Å². The molecule has 0 spiro atoms. The van der Waals surface area contributed by atoms with Gasteiger partial charge in [0, 0.05) is 0 Å². The Labute approximate surface area is 95.6 Å². The van der Waals surface area contributed by atoms with E-state index in [1.807, 2.05) is 0 Å². The Hall–Kier alpha value is -2.88. The van der Waals surface area contributed by atoms with E-state index in [0.717, 1.165) is 0 Å². The van der Waals surface area contributed by atoms with Crippen LogP contribution in [0.25, 0.3) is 10.9 Å². The number of rotatable bonds is 1. The van der Waals surface area contributed by atoms with Gasteiger partial charge in [0.1, 0.15) is 0 Å². The second kappa shape index (κ2) is 4.32. The van der Waals surface area contributed by atoms with Crippen LogP contribution < -0.4 is 16.6 Å². The van der Waals surface area contributed by atoms with Gasteiger partial charge in [-0.1, -0.05) is 0 Å². The van der Waals surface area contributed by atoms with Gasteiger partial charge in [0.2, 0.25) is 5.96 Å². The van der Waals surface area contributed by atoms with Gasteiger partial charge in [-0.05, 0) is 18.2 Å². The van der Waals surface area contributed by atoms with E-state index in [1.54, 1.807) is 24.4 Å². The number of nitrogens with one attached hydrogen (secondary N) is 2. The number of H-pyrrole nitrogens is 1. The van der Waals surface area contributed by atoms with Gasteiger partial charge in [0.25, 0.3) is 5.56 Å². The Morgan fingerprint density at radius 2 is 2.41 bits per heavy atom. The van der Waals surface area contributed by atoms with E-state index in [9.17, 15) is 4.79 Å². The van der Waals surface area contributed by atoms with Crippen LogP contribution in [0, 0.1) is 11.5 Å². The van der Waals surface area contributed by atoms with Crippen LogP contribution in [0.5, 0.6) is 0 Å². The van der Waals surface area contributed by atoms with Crippen molar-refractivity contribution in [2.75, 3.05) is 0 Å². The van der Waals surface area contributed by atoms with Crippen LogP contribution in [-0.4, -0.2) is 15.9 Å². The number of benzene rings is 1. The molecule has 7 nitrogen and oxygen atoms in total. The molecule has 0 radical (unpaired) electrons. The lowest BCUT2D eigenvalue weighted by molar-refractivity contribution is 1.17. The van der Waals surface area contributed by atoms with Gasteiger partial charge in [-0.25, -0.2) is 9.98 Å². The fourth-order valence-corrected chi connectivity index (χ4v) is 1.35. The SMILES string of the molecule is N#CNC(N)=Nc1ccc2nc[nH]c(=O)c2c1. The second-order valence-corrected chi connectivity index (χ2v) is 3.17. The lowest BCUT2D eigenvalue weighted by atomic mass is 10.2. The quantitative estimate of drug-likeness (QED) is 0.273. The van der Waals surface area contributed by atoms with Crippen molar-refractivity contribution in [1.82, 2.24) is 15.3 Å². The van der Waals surface area contributed by atoms with Gasteiger partial charge >= 0.3 is 0 Å². The number of aromatic nitrogens is 2. The maximum atomic E-state index is 11.5. The first kappa shape index (κ1) is 10.6. The lowest BCUT2D eigenvalue weighted by Crippen LogP contribution is -2.26. The summed E-state index contributed by atoms with van der Waals surface area (Å²) < 4.78 is 0. The third-order valence-electron chi connectivity index (χ3n) is 2.06. The van der Waals surface area contributed by atoms with Gasteiger partial charge in [0.05, 0.1) is 22.9 Å². The molecule has 7 heteroatoms. The molecule has 0 amide bonds. The van der Waals surface area contributed by atoms with Crippen LogP contribution in [0.3, 0.4) is 0 Å². The van der Waals surface area contributed by atoms with Crippen LogP contribution >= 0.6 is 0 Å². The van der Waals surface area contributed by atoms with Gasteiger partial charge in [-0.15, -0.1) is 0 Å². The van der Waals surface area contributed by atoms with Crippen molar-refractivity contribution >= 4 is 22.5 Å². The first-order chi connectivity index (χ1) is 8.20. The fraction of sp³-hybridized carbons (Fsp3) is 0. The first-order valence-electron chi connectivity index (χ1n) is 4.67. The molecule has 17 heavy (non-hydrogen) atoms. The molecule has 0 atom stereocenters. The highest BCUT2D eigenvalue weighted by atomic mass is 16.1. The van der Waals surface area contributed by atoms with E-state index in [2.05, 4.69) is 20.3 Å². The molecule has 0 aliphatic carbocycles. The normalized spacial score (nSPS) is 11.1. The molecule has 0 aliphatic rings. The summed E-state index contributed by atoms with van der Waals surface area (Å²) in [5, 5.41) is 10.9. The Kier molecular flexibility index (Phi) is 2.70. The number of aliphatic imine (C=N–C) groups is 1. The Bertz CT molecular complexity index is 681. The summed E-state index contributed by atoms with van der Waals surface area (Å²) in [5.41, 5.74) is 6.20. The maximum absolute atomic E-state index is 11.5. The van der Waals surface area contributed by atoms with Crippen molar-refractivity contribution in [3.8, 4) is 6.19 Å². The van der Waals surface area contributed by atoms with E-state index in [1.165, 1.54) is 6.33 Å². The Morgan fingerprint density at radius 1 is 1.59 bits per heavy atom. The van der Waals surface area contributed by atoms with Crippen LogP contribution in [0.15, 0.2) is 34.3 Å². The second-order valence-electron chi connectivity index (χ2n) is 3.17. The molecule has 0 bridgehead atoms. The van der Waals surface area contributed by atoms with Crippen molar-refractivity contribution < 1.29 is 0 Å². The molecule has 1 aromatic heterocycles. The van der Waals surface area contributed by atoms with E-state index < -0.39 is 0 Å². The standard InChI is InChI=1S/C10H8N6O/c11-4-13-10(12)16-6-1-2-8-7(3-6)9(17)15-5-14-8/h1-3,5H,(H3,12,13,16)(H,14,15,17). The molecule has 1 heterocycles. The first-order valence-corrected chi connectivity index (χ1v) is 4.67. The summed E-state index contributed by atoms with van der Waals surface area (Å²) in [4.78, 5) is 21.9. The molecule has 0 saturated heterocycles. The Morgan fingerprint density at radius 3 is 3.18 bits per heavy atom. The number of aromatic amines is 1. The third-order valence-corrected chi connectivity index (χ3v) is 2.06. The van der Waals surface area contributed by atoms with Crippen molar-refractivity contribution in [3.05, 3.63) is 34.9 Å².